The molecule has 7 heteroatoms. The molecular weight excluding hydrogens is 389 g/mol. The Labute approximate surface area is 171 Å². The van der Waals surface area contributed by atoms with Crippen molar-refractivity contribution in [3.05, 3.63) is 72.9 Å². The summed E-state index contributed by atoms with van der Waals surface area (Å²) in [6, 6.07) is 16.1. The number of hydrogen-bond acceptors (Lipinski definition) is 5. The van der Waals surface area contributed by atoms with E-state index in [1.807, 2.05) is 41.1 Å². The van der Waals surface area contributed by atoms with E-state index in [1.165, 1.54) is 30.2 Å². The molecule has 5 nitrogen and oxygen atoms in total. The van der Waals surface area contributed by atoms with Gasteiger partial charge in [-0.15, -0.1) is 0 Å². The number of nitrogens with zero attached hydrogens (tertiary/aromatic N) is 3. The van der Waals surface area contributed by atoms with Gasteiger partial charge in [0.15, 0.2) is 0 Å². The molecule has 2 heterocycles. The molecule has 0 aliphatic heterocycles. The lowest BCUT2D eigenvalue weighted by Crippen LogP contribution is -2.06. The minimum Gasteiger partial charge on any atom is -0.465 e. The summed E-state index contributed by atoms with van der Waals surface area (Å²) in [4.78, 5) is 20.7. The maximum absolute atomic E-state index is 13.4. The molecule has 0 saturated heterocycles. The van der Waals surface area contributed by atoms with Gasteiger partial charge in [0, 0.05) is 17.4 Å². The second-order valence-corrected chi connectivity index (χ2v) is 7.19. The van der Waals surface area contributed by atoms with E-state index < -0.39 is 0 Å². The van der Waals surface area contributed by atoms with Crippen LogP contribution in [-0.4, -0.2) is 32.9 Å². The smallest absolute Gasteiger partial charge is 0.316 e. The average molecular weight is 407 g/mol. The topological polar surface area (TPSA) is 57.0 Å². The molecule has 0 aliphatic carbocycles. The molecule has 0 bridgehead atoms. The molecule has 29 heavy (non-hydrogen) atoms. The quantitative estimate of drug-likeness (QED) is 0.259. The average Bonchev–Trinajstić information content (AvgIpc) is 3.14. The fourth-order valence-electron chi connectivity index (χ4n) is 3.11. The number of fused-ring (bicyclic) bond motifs is 1. The third-order valence-corrected chi connectivity index (χ3v) is 5.33. The van der Waals surface area contributed by atoms with Crippen molar-refractivity contribution in [1.29, 1.82) is 0 Å². The number of ether oxygens (including phenoxy) is 1. The van der Waals surface area contributed by atoms with Crippen LogP contribution in [0.4, 0.5) is 4.39 Å². The van der Waals surface area contributed by atoms with Crippen molar-refractivity contribution in [2.24, 2.45) is 0 Å². The summed E-state index contributed by atoms with van der Waals surface area (Å²) in [6.07, 6.45) is 3.45. The maximum Gasteiger partial charge on any atom is 0.316 e. The van der Waals surface area contributed by atoms with Crippen molar-refractivity contribution >= 4 is 28.8 Å². The van der Waals surface area contributed by atoms with Gasteiger partial charge in [-0.3, -0.25) is 4.79 Å². The van der Waals surface area contributed by atoms with Gasteiger partial charge in [0.1, 0.15) is 22.8 Å². The molecular formula is C22H18FN3O2S. The number of carbonyl (C=O) groups is 1. The Kier molecular flexibility index (Phi) is 5.57. The maximum atomic E-state index is 13.4. The number of aromatic nitrogens is 3. The van der Waals surface area contributed by atoms with Gasteiger partial charge in [-0.1, -0.05) is 42.1 Å². The normalized spacial score (nSPS) is 11.0. The van der Waals surface area contributed by atoms with Crippen molar-refractivity contribution in [2.45, 2.75) is 11.9 Å². The van der Waals surface area contributed by atoms with E-state index in [0.29, 0.717) is 17.3 Å². The number of benzene rings is 2. The van der Waals surface area contributed by atoms with Crippen LogP contribution in [0.2, 0.25) is 0 Å². The molecule has 0 saturated carbocycles. The second-order valence-electron chi connectivity index (χ2n) is 6.23. The van der Waals surface area contributed by atoms with E-state index in [1.54, 1.807) is 19.1 Å². The second kappa shape index (κ2) is 8.45. The highest BCUT2D eigenvalue weighted by molar-refractivity contribution is 8.00. The highest BCUT2D eigenvalue weighted by Crippen LogP contribution is 2.36. The molecule has 146 valence electrons. The molecule has 0 N–H and O–H groups in total. The highest BCUT2D eigenvalue weighted by atomic mass is 32.2. The van der Waals surface area contributed by atoms with E-state index in [4.69, 9.17) is 4.74 Å². The number of carbonyl (C=O) groups excluding carboxylic acids is 1. The number of rotatable bonds is 6. The molecule has 2 aromatic heterocycles. The first kappa shape index (κ1) is 19.1. The zero-order chi connectivity index (χ0) is 20.2. The van der Waals surface area contributed by atoms with E-state index in [2.05, 4.69) is 9.97 Å². The third-order valence-electron chi connectivity index (χ3n) is 4.37. The van der Waals surface area contributed by atoms with Crippen LogP contribution in [0.3, 0.4) is 0 Å². The van der Waals surface area contributed by atoms with E-state index in [0.717, 1.165) is 22.2 Å². The van der Waals surface area contributed by atoms with Crippen LogP contribution in [0, 0.1) is 5.82 Å². The Balaban J connectivity index is 1.87. The van der Waals surface area contributed by atoms with Gasteiger partial charge < -0.3 is 9.30 Å². The van der Waals surface area contributed by atoms with Gasteiger partial charge in [-0.25, -0.2) is 14.4 Å². The number of esters is 1. The Bertz CT molecular complexity index is 1140. The molecule has 0 spiro atoms. The summed E-state index contributed by atoms with van der Waals surface area (Å²) in [7, 11) is 0. The van der Waals surface area contributed by atoms with E-state index in [-0.39, 0.29) is 17.5 Å². The lowest BCUT2D eigenvalue weighted by Gasteiger charge is -2.06. The first-order valence-electron chi connectivity index (χ1n) is 9.13. The van der Waals surface area contributed by atoms with Gasteiger partial charge >= 0.3 is 5.97 Å². The summed E-state index contributed by atoms with van der Waals surface area (Å²) in [5, 5.41) is 1.54. The zero-order valence-corrected chi connectivity index (χ0v) is 16.5. The predicted octanol–water partition coefficient (Wildman–Crippen LogP) is 4.88. The van der Waals surface area contributed by atoms with E-state index >= 15 is 0 Å². The summed E-state index contributed by atoms with van der Waals surface area (Å²) >= 11 is 1.32. The van der Waals surface area contributed by atoms with Gasteiger partial charge in [0.05, 0.1) is 17.7 Å². The Hall–Kier alpha value is -3.19. The molecule has 0 unspecified atom stereocenters. The van der Waals surface area contributed by atoms with E-state index in [9.17, 15) is 9.18 Å². The minimum atomic E-state index is -0.297. The SMILES string of the molecule is CCOC(=O)CSc1ncnc2c1c(-c1ccccc1)cn2-c1ccc(F)cc1. The van der Waals surface area contributed by atoms with Gasteiger partial charge in [-0.05, 0) is 36.8 Å². The Morgan fingerprint density at radius 3 is 2.59 bits per heavy atom. The van der Waals surface area contributed by atoms with Gasteiger partial charge in [-0.2, -0.15) is 0 Å². The summed E-state index contributed by atoms with van der Waals surface area (Å²) < 4.78 is 20.3. The zero-order valence-electron chi connectivity index (χ0n) is 15.7. The van der Waals surface area contributed by atoms with Crippen molar-refractivity contribution < 1.29 is 13.9 Å². The molecule has 0 atom stereocenters. The van der Waals surface area contributed by atoms with Crippen molar-refractivity contribution in [3.8, 4) is 16.8 Å². The summed E-state index contributed by atoms with van der Waals surface area (Å²) in [5.74, 6) is -0.423. The lowest BCUT2D eigenvalue weighted by atomic mass is 10.1. The molecule has 4 aromatic rings. The van der Waals surface area contributed by atoms with Crippen molar-refractivity contribution in [1.82, 2.24) is 14.5 Å². The highest BCUT2D eigenvalue weighted by Gasteiger charge is 2.18. The molecule has 0 aliphatic rings. The first-order valence-corrected chi connectivity index (χ1v) is 10.1. The minimum absolute atomic E-state index is 0.163. The fourth-order valence-corrected chi connectivity index (χ4v) is 3.91. The number of hydrogen-bond donors (Lipinski definition) is 0. The fraction of sp³-hybridized carbons (Fsp3) is 0.136. The largest absolute Gasteiger partial charge is 0.465 e. The predicted molar refractivity (Wildman–Crippen MR) is 112 cm³/mol. The standard InChI is InChI=1S/C22H18FN3O2S/c1-2-28-19(27)13-29-22-20-18(15-6-4-3-5-7-15)12-26(21(20)24-14-25-22)17-10-8-16(23)9-11-17/h3-12,14H,2,13H2,1H3. The van der Waals surface area contributed by atoms with Crippen molar-refractivity contribution in [3.63, 3.8) is 0 Å². The third kappa shape index (κ3) is 4.00. The van der Waals surface area contributed by atoms with Crippen LogP contribution in [0.25, 0.3) is 27.8 Å². The molecule has 4 rings (SSSR count). The van der Waals surface area contributed by atoms with Crippen LogP contribution < -0.4 is 0 Å². The molecule has 0 amide bonds. The monoisotopic (exact) mass is 407 g/mol. The lowest BCUT2D eigenvalue weighted by molar-refractivity contribution is -0.139. The summed E-state index contributed by atoms with van der Waals surface area (Å²) in [6.45, 7) is 2.12. The van der Waals surface area contributed by atoms with Crippen LogP contribution in [0.5, 0.6) is 0 Å². The molecule has 0 radical (unpaired) electrons. The Morgan fingerprint density at radius 2 is 1.86 bits per heavy atom. The van der Waals surface area contributed by atoms with Crippen LogP contribution in [0.1, 0.15) is 6.92 Å². The Morgan fingerprint density at radius 1 is 1.10 bits per heavy atom. The van der Waals surface area contributed by atoms with Crippen LogP contribution in [0.15, 0.2) is 72.1 Å². The van der Waals surface area contributed by atoms with Gasteiger partial charge in [0.25, 0.3) is 0 Å². The van der Waals surface area contributed by atoms with Crippen LogP contribution in [-0.2, 0) is 9.53 Å². The first-order chi connectivity index (χ1) is 14.2. The summed E-state index contributed by atoms with van der Waals surface area (Å²) in [5.41, 5.74) is 3.43. The van der Waals surface area contributed by atoms with Gasteiger partial charge in [0.2, 0.25) is 0 Å². The number of thioether (sulfide) groups is 1. The van der Waals surface area contributed by atoms with Crippen molar-refractivity contribution in [2.75, 3.05) is 12.4 Å². The van der Waals surface area contributed by atoms with Crippen LogP contribution >= 0.6 is 11.8 Å². The molecule has 0 fully saturated rings. The number of halogens is 1. The molecule has 2 aromatic carbocycles.